The Balaban J connectivity index is 1.52. The van der Waals surface area contributed by atoms with Crippen molar-refractivity contribution in [2.24, 2.45) is 16.8 Å². The van der Waals surface area contributed by atoms with Crippen molar-refractivity contribution in [2.75, 3.05) is 13.1 Å². The molecule has 1 amide bonds. The minimum atomic E-state index is 0.0411. The lowest BCUT2D eigenvalue weighted by Gasteiger charge is -2.20. The number of likely N-dealkylation sites (tertiary alicyclic amines) is 1. The second kappa shape index (κ2) is 5.32. The van der Waals surface area contributed by atoms with Gasteiger partial charge in [-0.1, -0.05) is 6.92 Å². The third kappa shape index (κ3) is 2.80. The molecular weight excluding hydrogens is 250 g/mol. The minimum Gasteiger partial charge on any atom is -0.347 e. The van der Waals surface area contributed by atoms with Gasteiger partial charge in [-0.3, -0.25) is 14.7 Å². The Morgan fingerprint density at radius 1 is 1.40 bits per heavy atom. The highest BCUT2D eigenvalue weighted by molar-refractivity contribution is 6.40. The first kappa shape index (κ1) is 13.8. The van der Waals surface area contributed by atoms with Crippen LogP contribution in [-0.4, -0.2) is 41.7 Å². The predicted octanol–water partition coefficient (Wildman–Crippen LogP) is 1.97. The molecular formula is C16H25N3O. The van der Waals surface area contributed by atoms with E-state index in [1.54, 1.807) is 0 Å². The summed E-state index contributed by atoms with van der Waals surface area (Å²) < 4.78 is 0. The highest BCUT2D eigenvalue weighted by Gasteiger charge is 2.34. The Morgan fingerprint density at radius 2 is 2.15 bits per heavy atom. The van der Waals surface area contributed by atoms with Gasteiger partial charge in [-0.25, -0.2) is 0 Å². The third-order valence-corrected chi connectivity index (χ3v) is 4.81. The number of aliphatic imine (C=N–C) groups is 1. The molecule has 4 nitrogen and oxygen atoms in total. The van der Waals surface area contributed by atoms with Crippen LogP contribution in [0.2, 0.25) is 0 Å². The summed E-state index contributed by atoms with van der Waals surface area (Å²) in [6.07, 6.45) is 5.25. The van der Waals surface area contributed by atoms with Gasteiger partial charge in [0.15, 0.2) is 0 Å². The number of nitrogens with one attached hydrogen (secondary N) is 1. The number of nitrogens with zero attached hydrogens (tertiary/aromatic N) is 2. The van der Waals surface area contributed by atoms with Gasteiger partial charge in [0.2, 0.25) is 0 Å². The molecule has 2 aliphatic heterocycles. The van der Waals surface area contributed by atoms with E-state index in [-0.39, 0.29) is 11.9 Å². The molecule has 0 aromatic heterocycles. The van der Waals surface area contributed by atoms with Crippen molar-refractivity contribution < 1.29 is 4.79 Å². The highest BCUT2D eigenvalue weighted by atomic mass is 16.2. The second-order valence-corrected chi connectivity index (χ2v) is 6.84. The predicted molar refractivity (Wildman–Crippen MR) is 80.7 cm³/mol. The van der Waals surface area contributed by atoms with Gasteiger partial charge in [0.25, 0.3) is 5.91 Å². The zero-order chi connectivity index (χ0) is 14.3. The summed E-state index contributed by atoms with van der Waals surface area (Å²) in [5.41, 5.74) is 2.07. The highest BCUT2D eigenvalue weighted by Crippen LogP contribution is 2.39. The average Bonchev–Trinajstić information content (AvgIpc) is 3.01. The molecule has 3 aliphatic rings. The van der Waals surface area contributed by atoms with E-state index in [0.29, 0.717) is 23.6 Å². The van der Waals surface area contributed by atoms with E-state index in [9.17, 15) is 4.79 Å². The number of allylic oxidation sites excluding steroid dienone is 1. The van der Waals surface area contributed by atoms with Gasteiger partial charge in [-0.05, 0) is 44.1 Å². The van der Waals surface area contributed by atoms with E-state index in [4.69, 9.17) is 0 Å². The van der Waals surface area contributed by atoms with Crippen molar-refractivity contribution in [3.05, 3.63) is 11.8 Å². The van der Waals surface area contributed by atoms with Crippen LogP contribution >= 0.6 is 0 Å². The summed E-state index contributed by atoms with van der Waals surface area (Å²) in [6, 6.07) is 0.809. The molecule has 0 spiro atoms. The molecule has 4 heteroatoms. The van der Waals surface area contributed by atoms with E-state index in [1.807, 2.05) is 6.20 Å². The molecule has 1 N–H and O–H groups in total. The minimum absolute atomic E-state index is 0.0411. The Hall–Kier alpha value is -1.16. The van der Waals surface area contributed by atoms with Crippen molar-refractivity contribution in [1.29, 1.82) is 0 Å². The van der Waals surface area contributed by atoms with Crippen LogP contribution in [0.5, 0.6) is 0 Å². The van der Waals surface area contributed by atoms with Crippen LogP contribution in [0.1, 0.15) is 40.0 Å². The first-order valence-electron chi connectivity index (χ1n) is 7.85. The van der Waals surface area contributed by atoms with Crippen molar-refractivity contribution >= 4 is 11.6 Å². The number of rotatable bonds is 4. The lowest BCUT2D eigenvalue weighted by molar-refractivity contribution is -0.115. The Bertz CT molecular complexity index is 462. The van der Waals surface area contributed by atoms with Gasteiger partial charge in [0.1, 0.15) is 5.71 Å². The first-order chi connectivity index (χ1) is 9.54. The quantitative estimate of drug-likeness (QED) is 0.852. The Kier molecular flexibility index (Phi) is 3.67. The summed E-state index contributed by atoms with van der Waals surface area (Å²) in [5.74, 6) is 1.27. The molecule has 110 valence electrons. The summed E-state index contributed by atoms with van der Waals surface area (Å²) >= 11 is 0. The molecule has 0 aromatic rings. The largest absolute Gasteiger partial charge is 0.347 e. The number of carbonyl (C=O) groups excluding carboxylic acids is 1. The molecule has 0 bridgehead atoms. The van der Waals surface area contributed by atoms with Gasteiger partial charge < -0.3 is 5.32 Å². The van der Waals surface area contributed by atoms with Crippen molar-refractivity contribution in [2.45, 2.75) is 52.1 Å². The molecule has 3 rings (SSSR count). The SMILES string of the molecule is CC(C)N1C[C@@H](C)[C@H](NC(=O)C2=NC=C(C3CC3)C2)C1. The van der Waals surface area contributed by atoms with Crippen LogP contribution in [0.25, 0.3) is 0 Å². The fourth-order valence-corrected chi connectivity index (χ4v) is 3.15. The average molecular weight is 275 g/mol. The van der Waals surface area contributed by atoms with Crippen LogP contribution in [0.3, 0.4) is 0 Å². The zero-order valence-corrected chi connectivity index (χ0v) is 12.7. The number of hydrogen-bond acceptors (Lipinski definition) is 3. The van der Waals surface area contributed by atoms with Crippen molar-refractivity contribution in [1.82, 2.24) is 10.2 Å². The maximum absolute atomic E-state index is 12.3. The Labute approximate surface area is 121 Å². The van der Waals surface area contributed by atoms with E-state index >= 15 is 0 Å². The molecule has 0 unspecified atom stereocenters. The molecule has 1 saturated heterocycles. The maximum atomic E-state index is 12.3. The van der Waals surface area contributed by atoms with E-state index in [1.165, 1.54) is 18.4 Å². The second-order valence-electron chi connectivity index (χ2n) is 6.84. The van der Waals surface area contributed by atoms with Crippen LogP contribution in [0.4, 0.5) is 0 Å². The zero-order valence-electron chi connectivity index (χ0n) is 12.7. The summed E-state index contributed by atoms with van der Waals surface area (Å²) in [4.78, 5) is 19.1. The number of carbonyl (C=O) groups is 1. The van der Waals surface area contributed by atoms with Crippen LogP contribution in [0, 0.1) is 11.8 Å². The Morgan fingerprint density at radius 3 is 2.75 bits per heavy atom. The van der Waals surface area contributed by atoms with Gasteiger partial charge in [0.05, 0.1) is 0 Å². The molecule has 1 saturated carbocycles. The van der Waals surface area contributed by atoms with Gasteiger partial charge in [0, 0.05) is 37.8 Å². The number of hydrogen-bond donors (Lipinski definition) is 1. The van der Waals surface area contributed by atoms with E-state index < -0.39 is 0 Å². The normalized spacial score (nSPS) is 30.6. The van der Waals surface area contributed by atoms with Crippen molar-refractivity contribution in [3.63, 3.8) is 0 Å². The standard InChI is InChI=1S/C16H25N3O/c1-10(2)19-8-11(3)15(9-19)18-16(20)14-6-13(7-17-14)12-4-5-12/h7,10-12,15H,4-6,8-9H2,1-3H3,(H,18,20)/t11-,15-/m1/s1. The summed E-state index contributed by atoms with van der Waals surface area (Å²) in [7, 11) is 0. The summed E-state index contributed by atoms with van der Waals surface area (Å²) in [6.45, 7) is 8.67. The molecule has 2 heterocycles. The molecule has 20 heavy (non-hydrogen) atoms. The lowest BCUT2D eigenvalue weighted by atomic mass is 10.0. The van der Waals surface area contributed by atoms with Crippen LogP contribution in [0.15, 0.2) is 16.8 Å². The molecule has 0 radical (unpaired) electrons. The fourth-order valence-electron chi connectivity index (χ4n) is 3.15. The fraction of sp³-hybridized carbons (Fsp3) is 0.750. The van der Waals surface area contributed by atoms with E-state index in [0.717, 1.165) is 19.5 Å². The van der Waals surface area contributed by atoms with E-state index in [2.05, 4.69) is 36.0 Å². The molecule has 1 aliphatic carbocycles. The first-order valence-corrected chi connectivity index (χ1v) is 7.85. The van der Waals surface area contributed by atoms with Gasteiger partial charge >= 0.3 is 0 Å². The van der Waals surface area contributed by atoms with Gasteiger partial charge in [-0.15, -0.1) is 0 Å². The van der Waals surface area contributed by atoms with Crippen molar-refractivity contribution in [3.8, 4) is 0 Å². The molecule has 0 aromatic carbocycles. The molecule has 2 fully saturated rings. The van der Waals surface area contributed by atoms with Crippen LogP contribution < -0.4 is 5.32 Å². The lowest BCUT2D eigenvalue weighted by Crippen LogP contribution is -2.43. The summed E-state index contributed by atoms with van der Waals surface area (Å²) in [5, 5.41) is 3.19. The van der Waals surface area contributed by atoms with Crippen LogP contribution in [-0.2, 0) is 4.79 Å². The molecule has 2 atom stereocenters. The number of amides is 1. The monoisotopic (exact) mass is 275 g/mol. The topological polar surface area (TPSA) is 44.7 Å². The maximum Gasteiger partial charge on any atom is 0.266 e. The smallest absolute Gasteiger partial charge is 0.266 e. The van der Waals surface area contributed by atoms with Gasteiger partial charge in [-0.2, -0.15) is 0 Å². The third-order valence-electron chi connectivity index (χ3n) is 4.81.